The number of para-hydroxylation sites is 1. The van der Waals surface area contributed by atoms with Crippen molar-refractivity contribution in [2.75, 3.05) is 6.61 Å². The normalized spacial score (nSPS) is 12.1. The van der Waals surface area contributed by atoms with Crippen molar-refractivity contribution in [3.8, 4) is 0 Å². The molecular formula is C21H17F3N4O3. The molecular weight excluding hydrogens is 413 g/mol. The third kappa shape index (κ3) is 5.16. The van der Waals surface area contributed by atoms with E-state index in [2.05, 4.69) is 15.2 Å². The molecule has 0 bridgehead atoms. The molecule has 3 aromatic rings. The van der Waals surface area contributed by atoms with Crippen molar-refractivity contribution in [3.05, 3.63) is 82.9 Å². The molecule has 0 amide bonds. The van der Waals surface area contributed by atoms with Gasteiger partial charge in [0.2, 0.25) is 0 Å². The lowest BCUT2D eigenvalue weighted by atomic mass is 10.1. The summed E-state index contributed by atoms with van der Waals surface area (Å²) < 4.78 is 45.8. The highest BCUT2D eigenvalue weighted by atomic mass is 19.2. The average molecular weight is 430 g/mol. The van der Waals surface area contributed by atoms with E-state index >= 15 is 0 Å². The molecule has 0 saturated carbocycles. The predicted octanol–water partition coefficient (Wildman–Crippen LogP) is 3.98. The Morgan fingerprint density at radius 1 is 1.13 bits per heavy atom. The highest BCUT2D eigenvalue weighted by Crippen LogP contribution is 2.24. The fraction of sp³-hybridized carbons (Fsp3) is 0.143. The number of benzene rings is 2. The van der Waals surface area contributed by atoms with Gasteiger partial charge in [-0.1, -0.05) is 18.2 Å². The minimum absolute atomic E-state index is 0.0364. The number of carbonyl (C=O) groups is 1. The number of aromatic nitrogens is 3. The molecule has 0 aliphatic rings. The molecule has 0 radical (unpaired) electrons. The largest absolute Gasteiger partial charge is 0.506 e. The molecule has 0 unspecified atom stereocenters. The maximum atomic E-state index is 14.1. The number of hydrogen-bond acceptors (Lipinski definition) is 6. The first-order chi connectivity index (χ1) is 14.9. The maximum Gasteiger partial charge on any atom is 0.343 e. The van der Waals surface area contributed by atoms with Crippen molar-refractivity contribution >= 4 is 23.6 Å². The van der Waals surface area contributed by atoms with Gasteiger partial charge in [0.15, 0.2) is 11.6 Å². The highest BCUT2D eigenvalue weighted by molar-refractivity contribution is 6.15. The summed E-state index contributed by atoms with van der Waals surface area (Å²) >= 11 is 0. The smallest absolute Gasteiger partial charge is 0.343 e. The van der Waals surface area contributed by atoms with Crippen LogP contribution >= 0.6 is 0 Å². The van der Waals surface area contributed by atoms with Crippen LogP contribution in [-0.2, 0) is 16.1 Å². The van der Waals surface area contributed by atoms with Gasteiger partial charge in [-0.05, 0) is 19.1 Å². The molecule has 1 aromatic heterocycles. The molecule has 0 spiro atoms. The van der Waals surface area contributed by atoms with Gasteiger partial charge in [-0.15, -0.1) is 0 Å². The first-order valence-electron chi connectivity index (χ1n) is 9.12. The Morgan fingerprint density at radius 3 is 2.52 bits per heavy atom. The number of carbonyl (C=O) groups excluding carboxylic acids is 1. The number of aliphatic hydroxyl groups is 1. The minimum atomic E-state index is -1.43. The molecule has 2 aromatic carbocycles. The summed E-state index contributed by atoms with van der Waals surface area (Å²) in [6, 6.07) is 7.60. The number of halogens is 3. The van der Waals surface area contributed by atoms with E-state index in [-0.39, 0.29) is 19.2 Å². The number of esters is 1. The lowest BCUT2D eigenvalue weighted by molar-refractivity contribution is -0.137. The number of hydrogen-bond donors (Lipinski definition) is 1. The summed E-state index contributed by atoms with van der Waals surface area (Å²) in [4.78, 5) is 18.0. The third-order valence-electron chi connectivity index (χ3n) is 4.12. The van der Waals surface area contributed by atoms with E-state index in [4.69, 9.17) is 4.74 Å². The highest BCUT2D eigenvalue weighted by Gasteiger charge is 2.21. The summed E-state index contributed by atoms with van der Waals surface area (Å²) in [7, 11) is 0. The number of ether oxygens (including phenoxy) is 1. The van der Waals surface area contributed by atoms with Gasteiger partial charge in [0.05, 0.1) is 36.8 Å². The minimum Gasteiger partial charge on any atom is -0.506 e. The van der Waals surface area contributed by atoms with Crippen LogP contribution < -0.4 is 0 Å². The van der Waals surface area contributed by atoms with Crippen LogP contribution in [0.1, 0.15) is 18.1 Å². The summed E-state index contributed by atoms with van der Waals surface area (Å²) in [5.74, 6) is -6.03. The summed E-state index contributed by atoms with van der Waals surface area (Å²) in [5.41, 5.74) is -0.127. The summed E-state index contributed by atoms with van der Waals surface area (Å²) in [6.45, 7) is 1.78. The van der Waals surface area contributed by atoms with Gasteiger partial charge in [-0.3, -0.25) is 4.99 Å². The molecule has 1 heterocycles. The molecule has 1 N–H and O–H groups in total. The molecule has 0 fully saturated rings. The molecule has 0 saturated heterocycles. The Hall–Kier alpha value is -3.95. The van der Waals surface area contributed by atoms with Crippen LogP contribution in [0, 0.1) is 17.5 Å². The Labute approximate surface area is 175 Å². The van der Waals surface area contributed by atoms with Gasteiger partial charge >= 0.3 is 5.97 Å². The second kappa shape index (κ2) is 9.70. The van der Waals surface area contributed by atoms with Crippen LogP contribution in [0.15, 0.2) is 59.4 Å². The van der Waals surface area contributed by atoms with Gasteiger partial charge in [-0.25, -0.2) is 18.0 Å². The molecule has 0 aliphatic carbocycles. The Morgan fingerprint density at radius 2 is 1.81 bits per heavy atom. The van der Waals surface area contributed by atoms with Crippen LogP contribution in [0.2, 0.25) is 0 Å². The fourth-order valence-electron chi connectivity index (χ4n) is 2.65. The Bertz CT molecular complexity index is 1140. The molecule has 31 heavy (non-hydrogen) atoms. The van der Waals surface area contributed by atoms with Crippen molar-refractivity contribution in [2.24, 2.45) is 4.99 Å². The van der Waals surface area contributed by atoms with E-state index in [0.29, 0.717) is 17.3 Å². The first kappa shape index (κ1) is 21.8. The molecule has 0 atom stereocenters. The average Bonchev–Trinajstić information content (AvgIpc) is 3.25. The van der Waals surface area contributed by atoms with E-state index in [1.54, 1.807) is 24.3 Å². The Kier molecular flexibility index (Phi) is 6.81. The predicted molar refractivity (Wildman–Crippen MR) is 106 cm³/mol. The second-order valence-corrected chi connectivity index (χ2v) is 6.18. The summed E-state index contributed by atoms with van der Waals surface area (Å²) in [6.07, 6.45) is 4.01. The van der Waals surface area contributed by atoms with E-state index in [1.165, 1.54) is 24.1 Å². The van der Waals surface area contributed by atoms with Gasteiger partial charge in [-0.2, -0.15) is 15.0 Å². The van der Waals surface area contributed by atoms with Gasteiger partial charge in [0.25, 0.3) is 0 Å². The van der Waals surface area contributed by atoms with Crippen LogP contribution in [0.25, 0.3) is 5.76 Å². The number of aliphatic imine (C=N–C) groups is 1. The van der Waals surface area contributed by atoms with Crippen LogP contribution in [-0.4, -0.2) is 38.9 Å². The number of nitrogens with zero attached hydrogens (tertiary/aromatic N) is 4. The van der Waals surface area contributed by atoms with E-state index < -0.39 is 40.3 Å². The monoisotopic (exact) mass is 430 g/mol. The quantitative estimate of drug-likeness (QED) is 0.201. The Balaban J connectivity index is 2.03. The standard InChI is InChI=1S/C21H17F3N4O3/c1-2-31-21(30)15(20(29)14-9-17(23)18(24)10-16(14)22)11-25-19-6-4-3-5-13(19)12-28-26-7-8-27-28/h3-11,29H,2,12H2,1H3. The van der Waals surface area contributed by atoms with E-state index in [0.717, 1.165) is 6.21 Å². The van der Waals surface area contributed by atoms with Crippen molar-refractivity contribution in [3.63, 3.8) is 0 Å². The van der Waals surface area contributed by atoms with Crippen LogP contribution in [0.4, 0.5) is 18.9 Å². The van der Waals surface area contributed by atoms with Gasteiger partial charge in [0, 0.05) is 17.8 Å². The maximum absolute atomic E-state index is 14.1. The zero-order valence-electron chi connectivity index (χ0n) is 16.3. The summed E-state index contributed by atoms with van der Waals surface area (Å²) in [5, 5.41) is 18.5. The van der Waals surface area contributed by atoms with Crippen molar-refractivity contribution in [2.45, 2.75) is 13.5 Å². The van der Waals surface area contributed by atoms with Gasteiger partial charge < -0.3 is 9.84 Å². The number of rotatable bonds is 7. The van der Waals surface area contributed by atoms with Crippen molar-refractivity contribution in [1.82, 2.24) is 15.0 Å². The van der Waals surface area contributed by atoms with E-state index in [9.17, 15) is 23.1 Å². The fourth-order valence-corrected chi connectivity index (χ4v) is 2.65. The SMILES string of the molecule is CCOC(=O)C(C=Nc1ccccc1Cn1nccn1)=C(O)c1cc(F)c(F)cc1F. The topological polar surface area (TPSA) is 89.6 Å². The van der Waals surface area contributed by atoms with Crippen molar-refractivity contribution < 1.29 is 27.8 Å². The van der Waals surface area contributed by atoms with Gasteiger partial charge in [0.1, 0.15) is 17.1 Å². The first-order valence-corrected chi connectivity index (χ1v) is 9.12. The zero-order valence-corrected chi connectivity index (χ0v) is 16.3. The third-order valence-corrected chi connectivity index (χ3v) is 4.12. The van der Waals surface area contributed by atoms with Crippen molar-refractivity contribution in [1.29, 1.82) is 0 Å². The molecule has 10 heteroatoms. The lowest BCUT2D eigenvalue weighted by Gasteiger charge is -2.09. The van der Waals surface area contributed by atoms with Crippen LogP contribution in [0.5, 0.6) is 0 Å². The van der Waals surface area contributed by atoms with E-state index in [1.807, 2.05) is 0 Å². The lowest BCUT2D eigenvalue weighted by Crippen LogP contribution is -2.12. The second-order valence-electron chi connectivity index (χ2n) is 6.18. The molecule has 7 nitrogen and oxygen atoms in total. The number of aliphatic hydroxyl groups excluding tert-OH is 1. The molecule has 160 valence electrons. The zero-order chi connectivity index (χ0) is 22.4. The molecule has 3 rings (SSSR count). The van der Waals surface area contributed by atoms with Crippen LogP contribution in [0.3, 0.4) is 0 Å². The molecule has 0 aliphatic heterocycles.